The van der Waals surface area contributed by atoms with E-state index in [1.165, 1.54) is 0 Å². The third kappa shape index (κ3) is 5.80. The van der Waals surface area contributed by atoms with E-state index in [1.54, 1.807) is 0 Å². The van der Waals surface area contributed by atoms with Crippen molar-refractivity contribution in [1.29, 1.82) is 0 Å². The number of carbonyl (C=O) groups excluding carboxylic acids is 1. The highest BCUT2D eigenvalue weighted by molar-refractivity contribution is 6.17. The van der Waals surface area contributed by atoms with Gasteiger partial charge in [0, 0.05) is 22.9 Å². The van der Waals surface area contributed by atoms with Crippen molar-refractivity contribution < 1.29 is 14.3 Å². The number of benzene rings is 2. The largest absolute Gasteiger partial charge is 0.519 e. The average Bonchev–Trinajstić information content (AvgIpc) is 2.71. The summed E-state index contributed by atoms with van der Waals surface area (Å²) in [5.41, 5.74) is 5.74. The molecule has 0 atom stereocenters. The second-order valence-corrected chi connectivity index (χ2v) is 9.99. The number of carbonyl (C=O) groups is 1. The number of ether oxygens (including phenoxy) is 2. The van der Waals surface area contributed by atoms with Crippen LogP contribution in [0.3, 0.4) is 0 Å². The Labute approximate surface area is 203 Å². The van der Waals surface area contributed by atoms with Crippen LogP contribution in [-0.2, 0) is 11.8 Å². The van der Waals surface area contributed by atoms with Gasteiger partial charge in [-0.05, 0) is 45.9 Å². The van der Waals surface area contributed by atoms with Crippen LogP contribution in [0.4, 0.5) is 4.79 Å². The quantitative estimate of drug-likeness (QED) is 0.215. The molecule has 0 saturated carbocycles. The number of hydrogen-bond donors (Lipinski definition) is 0. The molecule has 2 aromatic rings. The summed E-state index contributed by atoms with van der Waals surface area (Å²) in [5, 5.41) is 0. The van der Waals surface area contributed by atoms with Crippen LogP contribution in [0.1, 0.15) is 112 Å². The highest BCUT2D eigenvalue weighted by atomic mass is 35.5. The first-order valence-corrected chi connectivity index (χ1v) is 12.4. The van der Waals surface area contributed by atoms with Gasteiger partial charge in [-0.1, -0.05) is 79.7 Å². The van der Waals surface area contributed by atoms with Gasteiger partial charge in [0.25, 0.3) is 0 Å². The normalized spacial score (nSPS) is 11.7. The molecule has 0 bridgehead atoms. The SMILES string of the molecule is CC(C)c1ccc(CCl)c(C(C)C)c1OC(=O)Oc1c(C(C)C)ccc(CCl)c1C(C)C. The number of alkyl halides is 2. The highest BCUT2D eigenvalue weighted by Gasteiger charge is 2.25. The lowest BCUT2D eigenvalue weighted by molar-refractivity contribution is 0.149. The summed E-state index contributed by atoms with van der Waals surface area (Å²) in [7, 11) is 0. The van der Waals surface area contributed by atoms with Crippen molar-refractivity contribution >= 4 is 29.4 Å². The molecule has 0 N–H and O–H groups in total. The molecule has 0 aliphatic carbocycles. The molecule has 0 radical (unpaired) electrons. The zero-order chi connectivity index (χ0) is 24.2. The molecule has 3 nitrogen and oxygen atoms in total. The fraction of sp³-hybridized carbons (Fsp3) is 0.519. The van der Waals surface area contributed by atoms with Crippen LogP contribution in [0, 0.1) is 0 Å². The second-order valence-electron chi connectivity index (χ2n) is 9.45. The Hall–Kier alpha value is -1.71. The Balaban J connectivity index is 2.57. The molecule has 0 aliphatic rings. The zero-order valence-corrected chi connectivity index (χ0v) is 22.0. The van der Waals surface area contributed by atoms with E-state index in [0.29, 0.717) is 23.3 Å². The van der Waals surface area contributed by atoms with Crippen molar-refractivity contribution in [2.45, 2.75) is 90.8 Å². The van der Waals surface area contributed by atoms with Crippen molar-refractivity contribution in [1.82, 2.24) is 0 Å². The van der Waals surface area contributed by atoms with Gasteiger partial charge in [-0.25, -0.2) is 4.79 Å². The van der Waals surface area contributed by atoms with Crippen molar-refractivity contribution in [3.05, 3.63) is 57.6 Å². The molecule has 0 amide bonds. The summed E-state index contributed by atoms with van der Waals surface area (Å²) >= 11 is 12.4. The summed E-state index contributed by atoms with van der Waals surface area (Å²) in [6, 6.07) is 8.02. The van der Waals surface area contributed by atoms with Crippen LogP contribution in [0.2, 0.25) is 0 Å². The molecule has 5 heteroatoms. The topological polar surface area (TPSA) is 35.5 Å². The molecule has 2 rings (SSSR count). The molecule has 2 aromatic carbocycles. The third-order valence-corrected chi connectivity index (χ3v) is 6.27. The Morgan fingerprint density at radius 1 is 0.656 bits per heavy atom. The molecular weight excluding hydrogens is 443 g/mol. The monoisotopic (exact) mass is 478 g/mol. The molecule has 0 unspecified atom stereocenters. The van der Waals surface area contributed by atoms with Crippen LogP contribution >= 0.6 is 23.2 Å². The Morgan fingerprint density at radius 3 is 1.25 bits per heavy atom. The van der Waals surface area contributed by atoms with Gasteiger partial charge in [0.05, 0.1) is 0 Å². The highest BCUT2D eigenvalue weighted by Crippen LogP contribution is 2.40. The fourth-order valence-corrected chi connectivity index (χ4v) is 4.60. The van der Waals surface area contributed by atoms with Crippen molar-refractivity contribution in [2.75, 3.05) is 0 Å². The van der Waals surface area contributed by atoms with Crippen LogP contribution in [-0.4, -0.2) is 6.16 Å². The summed E-state index contributed by atoms with van der Waals surface area (Å²) in [4.78, 5) is 13.2. The standard InChI is InChI=1S/C27H36Cl2O3/c1-15(2)21-11-9-19(13-28)23(17(5)6)25(21)31-27(30)32-26-22(16(3)4)12-10-20(14-29)24(26)18(7)8/h9-12,15-18H,13-14H2,1-8H3. The van der Waals surface area contributed by atoms with Gasteiger partial charge in [-0.15, -0.1) is 23.2 Å². The van der Waals surface area contributed by atoms with Crippen molar-refractivity contribution in [3.8, 4) is 11.5 Å². The predicted molar refractivity (Wildman–Crippen MR) is 135 cm³/mol. The average molecular weight is 479 g/mol. The maximum atomic E-state index is 13.2. The fourth-order valence-electron chi connectivity index (χ4n) is 4.14. The lowest BCUT2D eigenvalue weighted by Gasteiger charge is -2.23. The van der Waals surface area contributed by atoms with Gasteiger partial charge < -0.3 is 9.47 Å². The van der Waals surface area contributed by atoms with Crippen LogP contribution in [0.15, 0.2) is 24.3 Å². The Kier molecular flexibility index (Phi) is 9.48. The van der Waals surface area contributed by atoms with Crippen molar-refractivity contribution in [3.63, 3.8) is 0 Å². The van der Waals surface area contributed by atoms with Gasteiger partial charge in [0.2, 0.25) is 0 Å². The summed E-state index contributed by atoms with van der Waals surface area (Å²) in [6.07, 6.45) is -0.740. The van der Waals surface area contributed by atoms with Crippen LogP contribution in [0.5, 0.6) is 11.5 Å². The predicted octanol–water partition coefficient (Wildman–Crippen LogP) is 9.24. The van der Waals surface area contributed by atoms with Crippen LogP contribution in [0.25, 0.3) is 0 Å². The lowest BCUT2D eigenvalue weighted by atomic mass is 9.90. The summed E-state index contributed by atoms with van der Waals surface area (Å²) in [6.45, 7) is 16.6. The molecule has 0 spiro atoms. The molecular formula is C27H36Cl2O3. The first-order valence-electron chi connectivity index (χ1n) is 11.4. The van der Waals surface area contributed by atoms with E-state index in [2.05, 4.69) is 55.4 Å². The molecule has 0 saturated heterocycles. The maximum Gasteiger partial charge on any atom is 0.519 e. The van der Waals surface area contributed by atoms with Gasteiger partial charge in [-0.2, -0.15) is 0 Å². The smallest absolute Gasteiger partial charge is 0.394 e. The minimum absolute atomic E-state index is 0.141. The van der Waals surface area contributed by atoms with Gasteiger partial charge >= 0.3 is 6.16 Å². The maximum absolute atomic E-state index is 13.2. The first-order chi connectivity index (χ1) is 15.0. The number of halogens is 2. The molecule has 32 heavy (non-hydrogen) atoms. The van der Waals surface area contributed by atoms with Gasteiger partial charge in [0.1, 0.15) is 11.5 Å². The number of hydrogen-bond acceptors (Lipinski definition) is 3. The lowest BCUT2D eigenvalue weighted by Crippen LogP contribution is -2.19. The summed E-state index contributed by atoms with van der Waals surface area (Å²) in [5.74, 6) is 2.46. The van der Waals surface area contributed by atoms with Gasteiger partial charge in [0.15, 0.2) is 0 Å². The Morgan fingerprint density at radius 2 is 1.00 bits per heavy atom. The summed E-state index contributed by atoms with van der Waals surface area (Å²) < 4.78 is 11.9. The minimum atomic E-state index is -0.740. The Bertz CT molecular complexity index is 871. The van der Waals surface area contributed by atoms with E-state index < -0.39 is 6.16 Å². The molecule has 0 fully saturated rings. The van der Waals surface area contributed by atoms with E-state index in [1.807, 2.05) is 24.3 Å². The third-order valence-electron chi connectivity index (χ3n) is 5.69. The first kappa shape index (κ1) is 26.5. The van der Waals surface area contributed by atoms with Crippen LogP contribution < -0.4 is 9.47 Å². The van der Waals surface area contributed by atoms with Crippen molar-refractivity contribution in [2.24, 2.45) is 0 Å². The van der Waals surface area contributed by atoms with E-state index >= 15 is 0 Å². The van der Waals surface area contributed by atoms with E-state index in [-0.39, 0.29) is 23.7 Å². The minimum Gasteiger partial charge on any atom is -0.394 e. The molecule has 176 valence electrons. The zero-order valence-electron chi connectivity index (χ0n) is 20.5. The molecule has 0 heterocycles. The van der Waals surface area contributed by atoms with E-state index in [4.69, 9.17) is 32.7 Å². The molecule has 0 aliphatic heterocycles. The molecule has 0 aromatic heterocycles. The number of rotatable bonds is 8. The van der Waals surface area contributed by atoms with E-state index in [9.17, 15) is 4.79 Å². The van der Waals surface area contributed by atoms with E-state index in [0.717, 1.165) is 33.4 Å². The van der Waals surface area contributed by atoms with Gasteiger partial charge in [-0.3, -0.25) is 0 Å². The second kappa shape index (κ2) is 11.4.